The van der Waals surface area contributed by atoms with Gasteiger partial charge in [0, 0.05) is 25.7 Å². The highest BCUT2D eigenvalue weighted by Gasteiger charge is 2.32. The zero-order chi connectivity index (χ0) is 17.7. The van der Waals surface area contributed by atoms with Gasteiger partial charge in [0.05, 0.1) is 12.5 Å². The zero-order valence-corrected chi connectivity index (χ0v) is 14.9. The van der Waals surface area contributed by atoms with Gasteiger partial charge < -0.3 is 19.3 Å². The smallest absolute Gasteiger partial charge is 0.231 e. The molecule has 24 heavy (non-hydrogen) atoms. The molecular weight excluding hydrogens is 308 g/mol. The molecular formula is C18H26N2O4. The number of hydrogen-bond donors (Lipinski definition) is 0. The fraction of sp³-hybridized carbons (Fsp3) is 0.556. The van der Waals surface area contributed by atoms with Gasteiger partial charge in [-0.15, -0.1) is 0 Å². The van der Waals surface area contributed by atoms with Crippen LogP contribution in [0.25, 0.3) is 0 Å². The lowest BCUT2D eigenvalue weighted by Crippen LogP contribution is -2.52. The topological polar surface area (TPSA) is 59.1 Å². The monoisotopic (exact) mass is 334 g/mol. The second kappa shape index (κ2) is 8.15. The summed E-state index contributed by atoms with van der Waals surface area (Å²) in [6.45, 7) is 6.04. The van der Waals surface area contributed by atoms with Gasteiger partial charge >= 0.3 is 0 Å². The molecule has 2 aliphatic rings. The average Bonchev–Trinajstić information content (AvgIpc) is 2.99. The summed E-state index contributed by atoms with van der Waals surface area (Å²) in [7, 11) is 3.65. The Kier molecular flexibility index (Phi) is 6.20. The first kappa shape index (κ1) is 18.3. The highest BCUT2D eigenvalue weighted by Crippen LogP contribution is 2.32. The Hall–Kier alpha value is -2.08. The van der Waals surface area contributed by atoms with Crippen molar-refractivity contribution in [3.63, 3.8) is 0 Å². The molecule has 2 aliphatic heterocycles. The third kappa shape index (κ3) is 4.26. The normalized spacial score (nSPS) is 16.0. The number of rotatable bonds is 4. The van der Waals surface area contributed by atoms with Crippen LogP contribution in [0.2, 0.25) is 0 Å². The maximum Gasteiger partial charge on any atom is 0.231 e. The Morgan fingerprint density at radius 1 is 1.21 bits per heavy atom. The predicted octanol–water partition coefficient (Wildman–Crippen LogP) is 2.03. The Labute approximate surface area is 143 Å². The molecule has 1 aromatic carbocycles. The molecule has 132 valence electrons. The van der Waals surface area contributed by atoms with E-state index in [1.165, 1.54) is 11.3 Å². The van der Waals surface area contributed by atoms with Gasteiger partial charge in [-0.1, -0.05) is 20.3 Å². The summed E-state index contributed by atoms with van der Waals surface area (Å²) in [5.41, 5.74) is 0.532. The molecule has 0 aromatic heterocycles. The van der Waals surface area contributed by atoms with Crippen LogP contribution in [0, 0.1) is 5.92 Å². The van der Waals surface area contributed by atoms with Gasteiger partial charge in [-0.3, -0.25) is 9.59 Å². The summed E-state index contributed by atoms with van der Waals surface area (Å²) in [5.74, 6) is 1.17. The number of ketones is 1. The number of carbonyl (C=O) groups excluding carboxylic acids is 2. The van der Waals surface area contributed by atoms with Crippen LogP contribution in [0.5, 0.6) is 11.5 Å². The number of likely N-dealkylation sites (N-methyl/N-ethyl adjacent to an activating group) is 1. The second-order valence-corrected chi connectivity index (χ2v) is 6.31. The Bertz CT molecular complexity index is 597. The van der Waals surface area contributed by atoms with E-state index in [1.54, 1.807) is 25.2 Å². The maximum absolute atomic E-state index is 12.3. The highest BCUT2D eigenvalue weighted by molar-refractivity contribution is 6.00. The highest BCUT2D eigenvalue weighted by atomic mass is 16.7. The SMILES string of the molecule is CCC.CN1CC(C(=O)N(C)CC(=O)c2ccc3c(c2)OCO3)C1. The van der Waals surface area contributed by atoms with Crippen LogP contribution < -0.4 is 9.47 Å². The minimum Gasteiger partial charge on any atom is -0.454 e. The Morgan fingerprint density at radius 2 is 1.83 bits per heavy atom. The van der Waals surface area contributed by atoms with Gasteiger partial charge in [0.15, 0.2) is 17.3 Å². The second-order valence-electron chi connectivity index (χ2n) is 6.31. The summed E-state index contributed by atoms with van der Waals surface area (Å²) < 4.78 is 10.5. The first-order valence-corrected chi connectivity index (χ1v) is 8.32. The van der Waals surface area contributed by atoms with Gasteiger partial charge in [-0.2, -0.15) is 0 Å². The summed E-state index contributed by atoms with van der Waals surface area (Å²) in [6.07, 6.45) is 1.25. The molecule has 0 aliphatic carbocycles. The average molecular weight is 334 g/mol. The number of nitrogens with zero attached hydrogens (tertiary/aromatic N) is 2. The molecule has 1 aromatic rings. The van der Waals surface area contributed by atoms with Crippen molar-refractivity contribution in [1.29, 1.82) is 0 Å². The number of Topliss-reactive ketones (excluding diaryl/α,β-unsaturated/α-hetero) is 1. The van der Waals surface area contributed by atoms with Crippen molar-refractivity contribution in [2.75, 3.05) is 40.5 Å². The number of hydrogen-bond acceptors (Lipinski definition) is 5. The maximum atomic E-state index is 12.3. The number of amides is 1. The van der Waals surface area contributed by atoms with Crippen LogP contribution >= 0.6 is 0 Å². The van der Waals surface area contributed by atoms with E-state index in [2.05, 4.69) is 18.7 Å². The zero-order valence-electron chi connectivity index (χ0n) is 14.9. The van der Waals surface area contributed by atoms with E-state index in [1.807, 2.05) is 7.05 Å². The van der Waals surface area contributed by atoms with Crippen LogP contribution in [0.1, 0.15) is 30.6 Å². The molecule has 0 unspecified atom stereocenters. The van der Waals surface area contributed by atoms with Gasteiger partial charge in [0.25, 0.3) is 0 Å². The third-order valence-corrected chi connectivity index (χ3v) is 3.86. The summed E-state index contributed by atoms with van der Waals surface area (Å²) in [5, 5.41) is 0. The number of fused-ring (bicyclic) bond motifs is 1. The van der Waals surface area contributed by atoms with Crippen LogP contribution in [-0.2, 0) is 4.79 Å². The quantitative estimate of drug-likeness (QED) is 0.789. The molecule has 1 saturated heterocycles. The van der Waals surface area contributed by atoms with Crippen molar-refractivity contribution < 1.29 is 19.1 Å². The van der Waals surface area contributed by atoms with Crippen molar-refractivity contribution in [1.82, 2.24) is 9.80 Å². The molecule has 3 rings (SSSR count). The summed E-state index contributed by atoms with van der Waals surface area (Å²) in [6, 6.07) is 5.09. The van der Waals surface area contributed by atoms with E-state index < -0.39 is 0 Å². The van der Waals surface area contributed by atoms with E-state index in [4.69, 9.17) is 9.47 Å². The van der Waals surface area contributed by atoms with Crippen molar-refractivity contribution in [2.24, 2.45) is 5.92 Å². The number of ether oxygens (including phenoxy) is 2. The van der Waals surface area contributed by atoms with Gasteiger partial charge in [0.1, 0.15) is 0 Å². The molecule has 0 bridgehead atoms. The molecule has 1 fully saturated rings. The third-order valence-electron chi connectivity index (χ3n) is 3.86. The molecule has 0 N–H and O–H groups in total. The van der Waals surface area contributed by atoms with E-state index in [0.29, 0.717) is 17.1 Å². The van der Waals surface area contributed by atoms with Gasteiger partial charge in [-0.05, 0) is 25.2 Å². The van der Waals surface area contributed by atoms with Gasteiger partial charge in [-0.25, -0.2) is 0 Å². The minimum absolute atomic E-state index is 0.0181. The molecule has 6 heteroatoms. The van der Waals surface area contributed by atoms with E-state index in [0.717, 1.165) is 13.1 Å². The van der Waals surface area contributed by atoms with E-state index >= 15 is 0 Å². The van der Waals surface area contributed by atoms with E-state index in [-0.39, 0.29) is 30.9 Å². The molecule has 1 amide bonds. The Morgan fingerprint density at radius 3 is 2.46 bits per heavy atom. The predicted molar refractivity (Wildman–Crippen MR) is 91.5 cm³/mol. The molecule has 6 nitrogen and oxygen atoms in total. The summed E-state index contributed by atoms with van der Waals surface area (Å²) >= 11 is 0. The number of likely N-dealkylation sites (tertiary alicyclic amines) is 1. The fourth-order valence-corrected chi connectivity index (χ4v) is 2.62. The van der Waals surface area contributed by atoms with Crippen LogP contribution in [0.15, 0.2) is 18.2 Å². The van der Waals surface area contributed by atoms with E-state index in [9.17, 15) is 9.59 Å². The molecule has 0 spiro atoms. The van der Waals surface area contributed by atoms with Crippen LogP contribution in [0.4, 0.5) is 0 Å². The number of benzene rings is 1. The van der Waals surface area contributed by atoms with Crippen LogP contribution in [-0.4, -0.2) is 62.0 Å². The number of carbonyl (C=O) groups is 2. The first-order chi connectivity index (χ1) is 11.5. The first-order valence-electron chi connectivity index (χ1n) is 8.32. The van der Waals surface area contributed by atoms with Crippen molar-refractivity contribution in [3.8, 4) is 11.5 Å². The fourth-order valence-electron chi connectivity index (χ4n) is 2.62. The standard InChI is InChI=1S/C15H18N2O4.C3H8/c1-16-6-11(7-16)15(19)17(2)8-12(18)10-3-4-13-14(5-10)21-9-20-13;1-3-2/h3-5,11H,6-9H2,1-2H3;3H2,1-2H3. The van der Waals surface area contributed by atoms with Crippen molar-refractivity contribution in [3.05, 3.63) is 23.8 Å². The minimum atomic E-state index is -0.100. The van der Waals surface area contributed by atoms with Crippen molar-refractivity contribution in [2.45, 2.75) is 20.3 Å². The summed E-state index contributed by atoms with van der Waals surface area (Å²) in [4.78, 5) is 28.0. The molecule has 0 radical (unpaired) electrons. The lowest BCUT2D eigenvalue weighted by molar-refractivity contribution is -0.138. The van der Waals surface area contributed by atoms with Gasteiger partial charge in [0.2, 0.25) is 12.7 Å². The lowest BCUT2D eigenvalue weighted by Gasteiger charge is -2.37. The molecule has 0 atom stereocenters. The van der Waals surface area contributed by atoms with Crippen molar-refractivity contribution >= 4 is 11.7 Å². The largest absolute Gasteiger partial charge is 0.454 e. The van der Waals surface area contributed by atoms with Crippen LogP contribution in [0.3, 0.4) is 0 Å². The Balaban J connectivity index is 0.000000647. The lowest BCUT2D eigenvalue weighted by atomic mass is 9.99. The molecule has 2 heterocycles. The molecule has 0 saturated carbocycles.